The molecule has 0 aliphatic heterocycles. The molecule has 3 aromatic rings. The molecule has 0 radical (unpaired) electrons. The maximum Gasteiger partial charge on any atom is 0.136 e. The lowest BCUT2D eigenvalue weighted by atomic mass is 10.2. The van der Waals surface area contributed by atoms with E-state index in [0.29, 0.717) is 0 Å². The maximum atomic E-state index is 6.03. The molecule has 2 aromatic heterocycles. The molecular formula is C15H13ClIN3S. The molecule has 3 rings (SSSR count). The van der Waals surface area contributed by atoms with Gasteiger partial charge in [0.15, 0.2) is 0 Å². The Kier molecular flexibility index (Phi) is 4.51. The summed E-state index contributed by atoms with van der Waals surface area (Å²) in [5.41, 5.74) is 1.06. The third kappa shape index (κ3) is 3.25. The molecule has 0 saturated carbocycles. The fourth-order valence-corrected chi connectivity index (χ4v) is 3.93. The molecule has 0 spiro atoms. The summed E-state index contributed by atoms with van der Waals surface area (Å²) in [5, 5.41) is 6.41. The van der Waals surface area contributed by atoms with E-state index in [1.165, 1.54) is 4.88 Å². The van der Waals surface area contributed by atoms with Gasteiger partial charge in [0, 0.05) is 38.6 Å². The molecule has 1 unspecified atom stereocenters. The van der Waals surface area contributed by atoms with Crippen LogP contribution >= 0.6 is 45.5 Å². The SMILES string of the molecule is Cn1ccnc1C(Nc1ccc(Cl)cc1I)c1cccs1. The van der Waals surface area contributed by atoms with Crippen molar-refractivity contribution in [3.8, 4) is 0 Å². The van der Waals surface area contributed by atoms with E-state index in [0.717, 1.165) is 20.1 Å². The molecule has 6 heteroatoms. The first-order valence-corrected chi connectivity index (χ1v) is 8.71. The Morgan fingerprint density at radius 3 is 2.86 bits per heavy atom. The van der Waals surface area contributed by atoms with Crippen LogP contribution in [-0.4, -0.2) is 9.55 Å². The van der Waals surface area contributed by atoms with E-state index in [1.807, 2.05) is 42.2 Å². The minimum atomic E-state index is 0.0275. The zero-order valence-electron chi connectivity index (χ0n) is 11.3. The molecule has 3 nitrogen and oxygen atoms in total. The third-order valence-electron chi connectivity index (χ3n) is 3.18. The van der Waals surface area contributed by atoms with Gasteiger partial charge in [0.05, 0.1) is 0 Å². The van der Waals surface area contributed by atoms with Crippen LogP contribution < -0.4 is 5.32 Å². The number of nitrogens with zero attached hydrogens (tertiary/aromatic N) is 2. The van der Waals surface area contributed by atoms with Crippen LogP contribution in [0.5, 0.6) is 0 Å². The van der Waals surface area contributed by atoms with Crippen LogP contribution in [0.1, 0.15) is 16.7 Å². The minimum Gasteiger partial charge on any atom is -0.370 e. The predicted molar refractivity (Wildman–Crippen MR) is 97.2 cm³/mol. The maximum absolute atomic E-state index is 6.03. The second-order valence-corrected chi connectivity index (χ2v) is 7.19. The second kappa shape index (κ2) is 6.37. The summed E-state index contributed by atoms with van der Waals surface area (Å²) < 4.78 is 3.14. The molecule has 1 atom stereocenters. The Hall–Kier alpha value is -1.05. The van der Waals surface area contributed by atoms with Crippen molar-refractivity contribution in [1.29, 1.82) is 0 Å². The Bertz CT molecular complexity index is 739. The van der Waals surface area contributed by atoms with Crippen molar-refractivity contribution in [2.75, 3.05) is 5.32 Å². The number of anilines is 1. The zero-order valence-corrected chi connectivity index (χ0v) is 15.0. The number of aryl methyl sites for hydroxylation is 1. The normalized spacial score (nSPS) is 12.3. The summed E-state index contributed by atoms with van der Waals surface area (Å²) in [5.74, 6) is 0.989. The van der Waals surface area contributed by atoms with E-state index in [-0.39, 0.29) is 6.04 Å². The lowest BCUT2D eigenvalue weighted by Crippen LogP contribution is -2.16. The molecule has 2 heterocycles. The fourth-order valence-electron chi connectivity index (χ4n) is 2.14. The van der Waals surface area contributed by atoms with Gasteiger partial charge in [-0.15, -0.1) is 11.3 Å². The number of rotatable bonds is 4. The standard InChI is InChI=1S/C15H13ClIN3S/c1-20-7-6-18-15(20)14(13-3-2-8-21-13)19-12-5-4-10(16)9-11(12)17/h2-9,14,19H,1H3. The predicted octanol–water partition coefficient (Wildman–Crippen LogP) is 4.94. The van der Waals surface area contributed by atoms with Crippen LogP contribution in [0.4, 0.5) is 5.69 Å². The highest BCUT2D eigenvalue weighted by Gasteiger charge is 2.20. The first kappa shape index (κ1) is 14.9. The summed E-state index contributed by atoms with van der Waals surface area (Å²) in [6.07, 6.45) is 3.79. The summed E-state index contributed by atoms with van der Waals surface area (Å²) in [7, 11) is 2.01. The monoisotopic (exact) mass is 429 g/mol. The summed E-state index contributed by atoms with van der Waals surface area (Å²) in [6, 6.07) is 10.1. The van der Waals surface area contributed by atoms with Crippen LogP contribution in [0.3, 0.4) is 0 Å². The Labute approximate surface area is 146 Å². The smallest absolute Gasteiger partial charge is 0.136 e. The number of thiophene rings is 1. The van der Waals surface area contributed by atoms with Crippen LogP contribution in [0, 0.1) is 3.57 Å². The van der Waals surface area contributed by atoms with Crippen molar-refractivity contribution in [2.45, 2.75) is 6.04 Å². The average Bonchev–Trinajstić information content (AvgIpc) is 3.10. The van der Waals surface area contributed by atoms with Gasteiger partial charge in [-0.05, 0) is 52.2 Å². The van der Waals surface area contributed by atoms with Gasteiger partial charge in [-0.3, -0.25) is 0 Å². The van der Waals surface area contributed by atoms with Crippen LogP contribution in [0.15, 0.2) is 48.1 Å². The molecular weight excluding hydrogens is 417 g/mol. The van der Waals surface area contributed by atoms with E-state index in [9.17, 15) is 0 Å². The zero-order chi connectivity index (χ0) is 14.8. The van der Waals surface area contributed by atoms with Crippen molar-refractivity contribution in [3.05, 3.63) is 67.4 Å². The number of aromatic nitrogens is 2. The molecule has 0 fully saturated rings. The molecule has 0 bridgehead atoms. The van der Waals surface area contributed by atoms with Gasteiger partial charge in [-0.2, -0.15) is 0 Å². The van der Waals surface area contributed by atoms with Crippen molar-refractivity contribution < 1.29 is 0 Å². The van der Waals surface area contributed by atoms with E-state index >= 15 is 0 Å². The average molecular weight is 430 g/mol. The highest BCUT2D eigenvalue weighted by molar-refractivity contribution is 14.1. The molecule has 0 amide bonds. The third-order valence-corrected chi connectivity index (χ3v) is 5.24. The van der Waals surface area contributed by atoms with Crippen molar-refractivity contribution in [2.24, 2.45) is 7.05 Å². The van der Waals surface area contributed by atoms with Crippen LogP contribution in [0.25, 0.3) is 0 Å². The fraction of sp³-hybridized carbons (Fsp3) is 0.133. The molecule has 108 valence electrons. The second-order valence-electron chi connectivity index (χ2n) is 4.61. The van der Waals surface area contributed by atoms with Gasteiger partial charge in [-0.25, -0.2) is 4.98 Å². The van der Waals surface area contributed by atoms with Crippen LogP contribution in [0.2, 0.25) is 5.02 Å². The van der Waals surface area contributed by atoms with E-state index in [1.54, 1.807) is 11.3 Å². The minimum absolute atomic E-state index is 0.0275. The first-order chi connectivity index (χ1) is 10.1. The van der Waals surface area contributed by atoms with Crippen molar-refractivity contribution in [1.82, 2.24) is 9.55 Å². The largest absolute Gasteiger partial charge is 0.370 e. The molecule has 0 aliphatic rings. The molecule has 1 N–H and O–H groups in total. The molecule has 0 saturated heterocycles. The van der Waals surface area contributed by atoms with Crippen molar-refractivity contribution in [3.63, 3.8) is 0 Å². The topological polar surface area (TPSA) is 29.9 Å². The quantitative estimate of drug-likeness (QED) is 0.595. The number of benzene rings is 1. The lowest BCUT2D eigenvalue weighted by molar-refractivity contribution is 0.756. The van der Waals surface area contributed by atoms with Crippen molar-refractivity contribution >= 4 is 51.2 Å². The van der Waals surface area contributed by atoms with Gasteiger partial charge in [0.25, 0.3) is 0 Å². The Balaban J connectivity index is 1.99. The van der Waals surface area contributed by atoms with Gasteiger partial charge in [-0.1, -0.05) is 17.7 Å². The van der Waals surface area contributed by atoms with E-state index < -0.39 is 0 Å². The first-order valence-electron chi connectivity index (χ1n) is 6.37. The number of nitrogens with one attached hydrogen (secondary N) is 1. The molecule has 21 heavy (non-hydrogen) atoms. The van der Waals surface area contributed by atoms with Gasteiger partial charge >= 0.3 is 0 Å². The van der Waals surface area contributed by atoms with E-state index in [2.05, 4.69) is 50.4 Å². The number of imidazole rings is 1. The number of hydrogen-bond acceptors (Lipinski definition) is 3. The highest BCUT2D eigenvalue weighted by atomic mass is 127. The number of halogens is 2. The highest BCUT2D eigenvalue weighted by Crippen LogP contribution is 2.31. The summed E-state index contributed by atoms with van der Waals surface area (Å²) in [6.45, 7) is 0. The summed E-state index contributed by atoms with van der Waals surface area (Å²) >= 11 is 10.0. The van der Waals surface area contributed by atoms with Gasteiger partial charge < -0.3 is 9.88 Å². The lowest BCUT2D eigenvalue weighted by Gasteiger charge is -2.19. The number of hydrogen-bond donors (Lipinski definition) is 1. The molecule has 0 aliphatic carbocycles. The summed E-state index contributed by atoms with van der Waals surface area (Å²) in [4.78, 5) is 5.73. The van der Waals surface area contributed by atoms with Crippen LogP contribution in [-0.2, 0) is 7.05 Å². The van der Waals surface area contributed by atoms with Gasteiger partial charge in [0.1, 0.15) is 11.9 Å². The Morgan fingerprint density at radius 1 is 1.38 bits per heavy atom. The van der Waals surface area contributed by atoms with E-state index in [4.69, 9.17) is 11.6 Å². The Morgan fingerprint density at radius 2 is 2.24 bits per heavy atom. The molecule has 1 aromatic carbocycles. The van der Waals surface area contributed by atoms with Gasteiger partial charge in [0.2, 0.25) is 0 Å².